The highest BCUT2D eigenvalue weighted by Crippen LogP contribution is 2.37. The molecule has 2 heterocycles. The van der Waals surface area contributed by atoms with Gasteiger partial charge in [0.2, 0.25) is 12.0 Å². The van der Waals surface area contributed by atoms with Gasteiger partial charge in [0.25, 0.3) is 5.91 Å². The summed E-state index contributed by atoms with van der Waals surface area (Å²) in [5.41, 5.74) is 1.49. The second-order valence-electron chi connectivity index (χ2n) is 5.89. The predicted molar refractivity (Wildman–Crippen MR) is 93.4 cm³/mol. The number of imide groups is 1. The molecule has 2 aliphatic heterocycles. The molecule has 0 aromatic heterocycles. The average Bonchev–Trinajstić information content (AvgIpc) is 3.22. The number of hydrogen-bond donors (Lipinski definition) is 0. The van der Waals surface area contributed by atoms with Gasteiger partial charge in [-0.25, -0.2) is 4.90 Å². The van der Waals surface area contributed by atoms with E-state index >= 15 is 0 Å². The smallest absolute Gasteiger partial charge is 0.278 e. The number of carbonyl (C=O) groups is 2. The van der Waals surface area contributed by atoms with Crippen molar-refractivity contribution in [3.8, 4) is 11.5 Å². The van der Waals surface area contributed by atoms with E-state index in [2.05, 4.69) is 5.16 Å². The summed E-state index contributed by atoms with van der Waals surface area (Å²) < 4.78 is 10.6. The van der Waals surface area contributed by atoms with Crippen molar-refractivity contribution >= 4 is 23.2 Å². The van der Waals surface area contributed by atoms with Gasteiger partial charge in [0.15, 0.2) is 0 Å². The van der Waals surface area contributed by atoms with Gasteiger partial charge < -0.3 is 14.3 Å². The Hall–Kier alpha value is -3.35. The van der Waals surface area contributed by atoms with Gasteiger partial charge in [-0.15, -0.1) is 0 Å². The van der Waals surface area contributed by atoms with E-state index in [0.717, 1.165) is 4.90 Å². The highest BCUT2D eigenvalue weighted by Gasteiger charge is 2.56. The summed E-state index contributed by atoms with van der Waals surface area (Å²) in [4.78, 5) is 32.1. The molecule has 0 N–H and O–H groups in total. The largest absolute Gasteiger partial charge is 0.497 e. The third-order valence-electron chi connectivity index (χ3n) is 4.51. The first-order valence-corrected chi connectivity index (χ1v) is 8.04. The van der Waals surface area contributed by atoms with Crippen LogP contribution in [0.15, 0.2) is 53.7 Å². The number of rotatable bonds is 4. The molecule has 0 unspecified atom stereocenters. The van der Waals surface area contributed by atoms with E-state index in [-0.39, 0.29) is 5.91 Å². The number of amides is 2. The number of methoxy groups -OCH3 is 2. The number of carbonyl (C=O) groups excluding carboxylic acids is 2. The van der Waals surface area contributed by atoms with Gasteiger partial charge in [-0.05, 0) is 24.3 Å². The van der Waals surface area contributed by atoms with Crippen molar-refractivity contribution in [1.82, 2.24) is 0 Å². The SMILES string of the molecule is COc1ccc(C2=NO[C@@H]3C(=O)N(c4ccccc4)C(=O)[C@@H]23)c(OC)c1. The minimum absolute atomic E-state index is 0.361. The molecule has 1 saturated heterocycles. The molecule has 7 nitrogen and oxygen atoms in total. The van der Waals surface area contributed by atoms with Gasteiger partial charge in [0.05, 0.1) is 19.9 Å². The first-order chi connectivity index (χ1) is 12.7. The maximum absolute atomic E-state index is 13.0. The summed E-state index contributed by atoms with van der Waals surface area (Å²) in [6.07, 6.45) is -0.954. The molecule has 2 atom stereocenters. The molecule has 26 heavy (non-hydrogen) atoms. The fourth-order valence-corrected chi connectivity index (χ4v) is 3.24. The molecule has 132 valence electrons. The van der Waals surface area contributed by atoms with Crippen LogP contribution in [0, 0.1) is 5.92 Å². The van der Waals surface area contributed by atoms with Crippen LogP contribution in [-0.2, 0) is 14.4 Å². The minimum Gasteiger partial charge on any atom is -0.497 e. The van der Waals surface area contributed by atoms with Crippen LogP contribution in [-0.4, -0.2) is 37.8 Å². The lowest BCUT2D eigenvalue weighted by molar-refractivity contribution is -0.126. The molecule has 0 aliphatic carbocycles. The molecule has 2 aliphatic rings. The van der Waals surface area contributed by atoms with Crippen LogP contribution in [0.2, 0.25) is 0 Å². The van der Waals surface area contributed by atoms with E-state index in [1.165, 1.54) is 7.11 Å². The van der Waals surface area contributed by atoms with Crippen molar-refractivity contribution in [2.24, 2.45) is 11.1 Å². The van der Waals surface area contributed by atoms with Crippen molar-refractivity contribution in [2.45, 2.75) is 6.10 Å². The van der Waals surface area contributed by atoms with Crippen LogP contribution in [0.25, 0.3) is 0 Å². The van der Waals surface area contributed by atoms with Crippen molar-refractivity contribution in [1.29, 1.82) is 0 Å². The van der Waals surface area contributed by atoms with E-state index < -0.39 is 17.9 Å². The molecular formula is C19H16N2O5. The van der Waals surface area contributed by atoms with Gasteiger partial charge in [-0.2, -0.15) is 0 Å². The van der Waals surface area contributed by atoms with Gasteiger partial charge in [-0.1, -0.05) is 23.4 Å². The number of benzene rings is 2. The fourth-order valence-electron chi connectivity index (χ4n) is 3.24. The Morgan fingerprint density at radius 3 is 2.46 bits per heavy atom. The second kappa shape index (κ2) is 6.18. The fraction of sp³-hybridized carbons (Fsp3) is 0.211. The molecule has 0 saturated carbocycles. The van der Waals surface area contributed by atoms with Crippen LogP contribution in [0.5, 0.6) is 11.5 Å². The maximum atomic E-state index is 13.0. The molecule has 0 spiro atoms. The van der Waals surface area contributed by atoms with Gasteiger partial charge >= 0.3 is 0 Å². The van der Waals surface area contributed by atoms with E-state index in [9.17, 15) is 9.59 Å². The number of fused-ring (bicyclic) bond motifs is 1. The standard InChI is InChI=1S/C19H16N2O5/c1-24-12-8-9-13(14(10-12)25-2)16-15-17(26-20-16)19(23)21(18(15)22)11-6-4-3-5-7-11/h3-10,15,17H,1-2H3/t15-,17-/m0/s1. The van der Waals surface area contributed by atoms with Crippen LogP contribution in [0.1, 0.15) is 5.56 Å². The minimum atomic E-state index is -0.954. The lowest BCUT2D eigenvalue weighted by atomic mass is 9.93. The lowest BCUT2D eigenvalue weighted by Gasteiger charge is -2.16. The molecule has 1 fully saturated rings. The van der Waals surface area contributed by atoms with E-state index in [1.807, 2.05) is 6.07 Å². The summed E-state index contributed by atoms with van der Waals surface area (Å²) >= 11 is 0. The number of para-hydroxylation sites is 1. The second-order valence-corrected chi connectivity index (χ2v) is 5.89. The Bertz CT molecular complexity index is 909. The number of hydrogen-bond acceptors (Lipinski definition) is 6. The number of ether oxygens (including phenoxy) is 2. The Balaban J connectivity index is 1.72. The zero-order valence-corrected chi connectivity index (χ0v) is 14.2. The Labute approximate surface area is 149 Å². The summed E-state index contributed by atoms with van der Waals surface area (Å²) in [7, 11) is 3.07. The first kappa shape index (κ1) is 16.1. The zero-order chi connectivity index (χ0) is 18.3. The van der Waals surface area contributed by atoms with Crippen LogP contribution < -0.4 is 14.4 Å². The van der Waals surface area contributed by atoms with E-state index in [1.54, 1.807) is 49.6 Å². The Kier molecular flexibility index (Phi) is 3.84. The topological polar surface area (TPSA) is 77.4 Å². The molecule has 0 radical (unpaired) electrons. The highest BCUT2D eigenvalue weighted by molar-refractivity contribution is 6.32. The third kappa shape index (κ3) is 2.32. The Morgan fingerprint density at radius 1 is 1.00 bits per heavy atom. The molecule has 2 amide bonds. The summed E-state index contributed by atoms with van der Waals surface area (Å²) in [6, 6.07) is 14.0. The quantitative estimate of drug-likeness (QED) is 0.787. The molecule has 2 aromatic rings. The number of anilines is 1. The van der Waals surface area contributed by atoms with E-state index in [0.29, 0.717) is 28.5 Å². The molecular weight excluding hydrogens is 336 g/mol. The summed E-state index contributed by atoms with van der Waals surface area (Å²) in [5, 5.41) is 4.01. The van der Waals surface area contributed by atoms with Gasteiger partial charge in [-0.3, -0.25) is 9.59 Å². The van der Waals surface area contributed by atoms with Crippen LogP contribution >= 0.6 is 0 Å². The van der Waals surface area contributed by atoms with E-state index in [4.69, 9.17) is 14.3 Å². The Morgan fingerprint density at radius 2 is 1.77 bits per heavy atom. The molecule has 0 bridgehead atoms. The number of nitrogens with zero attached hydrogens (tertiary/aromatic N) is 2. The summed E-state index contributed by atoms with van der Waals surface area (Å²) in [6.45, 7) is 0. The normalized spacial score (nSPS) is 21.3. The molecule has 7 heteroatoms. The third-order valence-corrected chi connectivity index (χ3v) is 4.51. The van der Waals surface area contributed by atoms with Crippen molar-refractivity contribution in [3.05, 3.63) is 54.1 Å². The van der Waals surface area contributed by atoms with Gasteiger partial charge in [0.1, 0.15) is 23.1 Å². The van der Waals surface area contributed by atoms with Crippen LogP contribution in [0.3, 0.4) is 0 Å². The predicted octanol–water partition coefficient (Wildman–Crippen LogP) is 2.00. The van der Waals surface area contributed by atoms with Crippen molar-refractivity contribution in [2.75, 3.05) is 19.1 Å². The monoisotopic (exact) mass is 352 g/mol. The maximum Gasteiger partial charge on any atom is 0.278 e. The molecule has 4 rings (SSSR count). The number of oxime groups is 1. The first-order valence-electron chi connectivity index (χ1n) is 8.04. The van der Waals surface area contributed by atoms with Crippen molar-refractivity contribution < 1.29 is 23.9 Å². The van der Waals surface area contributed by atoms with Gasteiger partial charge in [0, 0.05) is 11.6 Å². The average molecular weight is 352 g/mol. The highest BCUT2D eigenvalue weighted by atomic mass is 16.7. The van der Waals surface area contributed by atoms with Crippen LogP contribution in [0.4, 0.5) is 5.69 Å². The summed E-state index contributed by atoms with van der Waals surface area (Å²) in [5.74, 6) is -0.477. The molecule has 2 aromatic carbocycles. The zero-order valence-electron chi connectivity index (χ0n) is 14.2. The lowest BCUT2D eigenvalue weighted by Crippen LogP contribution is -2.33. The van der Waals surface area contributed by atoms with Crippen molar-refractivity contribution in [3.63, 3.8) is 0 Å².